The van der Waals surface area contributed by atoms with Crippen LogP contribution in [0.2, 0.25) is 5.02 Å². The molecule has 1 atom stereocenters. The van der Waals surface area contributed by atoms with Crippen molar-refractivity contribution < 1.29 is 9.59 Å². The Morgan fingerprint density at radius 2 is 2.03 bits per heavy atom. The molecule has 0 bridgehead atoms. The molecule has 1 aromatic carbocycles. The molecule has 10 heteroatoms. The summed E-state index contributed by atoms with van der Waals surface area (Å²) in [4.78, 5) is 25.7. The molecule has 34 heavy (non-hydrogen) atoms. The molecule has 9 nitrogen and oxygen atoms in total. The monoisotopic (exact) mass is 475 g/mol. The number of nitrogens with zero attached hydrogens (tertiary/aromatic N) is 5. The molecule has 0 radical (unpaired) electrons. The van der Waals surface area contributed by atoms with Crippen LogP contribution in [0.4, 0.5) is 5.82 Å². The Morgan fingerprint density at radius 1 is 1.24 bits per heavy atom. The van der Waals surface area contributed by atoms with E-state index in [2.05, 4.69) is 33.7 Å². The molecule has 4 N–H and O–H groups in total. The van der Waals surface area contributed by atoms with Gasteiger partial charge in [-0.3, -0.25) is 9.59 Å². The highest BCUT2D eigenvalue weighted by molar-refractivity contribution is 6.32. The Labute approximate surface area is 200 Å². The van der Waals surface area contributed by atoms with Crippen LogP contribution in [0.25, 0.3) is 10.9 Å². The van der Waals surface area contributed by atoms with Gasteiger partial charge in [-0.2, -0.15) is 15.3 Å². The molecule has 3 heterocycles. The molecule has 0 spiro atoms. The second-order valence-corrected chi connectivity index (χ2v) is 8.93. The van der Waals surface area contributed by atoms with Gasteiger partial charge in [0, 0.05) is 24.0 Å². The molecule has 0 unspecified atom stereocenters. The lowest BCUT2D eigenvalue weighted by Gasteiger charge is -2.15. The Morgan fingerprint density at radius 3 is 2.74 bits per heavy atom. The largest absolute Gasteiger partial charge is 0.383 e. The lowest BCUT2D eigenvalue weighted by Crippen LogP contribution is -2.27. The Kier molecular flexibility index (Phi) is 5.46. The summed E-state index contributed by atoms with van der Waals surface area (Å²) in [7, 11) is 0. The van der Waals surface area contributed by atoms with Crippen molar-refractivity contribution in [1.29, 1.82) is 0 Å². The molecular weight excluding hydrogens is 454 g/mol. The smallest absolute Gasteiger partial charge is 0.255 e. The van der Waals surface area contributed by atoms with Crippen molar-refractivity contribution in [2.45, 2.75) is 31.2 Å². The van der Waals surface area contributed by atoms with Crippen LogP contribution in [0.15, 0.2) is 31.0 Å². The number of fused-ring (bicyclic) bond motifs is 1. The predicted molar refractivity (Wildman–Crippen MR) is 128 cm³/mol. The highest BCUT2D eigenvalue weighted by Gasteiger charge is 2.31. The summed E-state index contributed by atoms with van der Waals surface area (Å²) in [5, 5.41) is 14.2. The minimum atomic E-state index is -0.727. The third-order valence-corrected chi connectivity index (χ3v) is 6.59. The summed E-state index contributed by atoms with van der Waals surface area (Å²) >= 11 is 6.53. The van der Waals surface area contributed by atoms with E-state index >= 15 is 0 Å². The van der Waals surface area contributed by atoms with Gasteiger partial charge in [-0.25, -0.2) is 4.68 Å². The van der Waals surface area contributed by atoms with E-state index in [9.17, 15) is 9.59 Å². The number of nitrogen functional groups attached to an aromatic ring is 1. The maximum Gasteiger partial charge on any atom is 0.255 e. The van der Waals surface area contributed by atoms with Gasteiger partial charge < -0.3 is 16.4 Å². The van der Waals surface area contributed by atoms with E-state index in [0.29, 0.717) is 41.5 Å². The summed E-state index contributed by atoms with van der Waals surface area (Å²) < 4.78 is 1.52. The lowest BCUT2D eigenvalue weighted by atomic mass is 10.0. The quantitative estimate of drug-likeness (QED) is 0.439. The van der Waals surface area contributed by atoms with Crippen LogP contribution in [0, 0.1) is 11.8 Å². The Balaban J connectivity index is 1.50. The van der Waals surface area contributed by atoms with E-state index in [1.165, 1.54) is 10.8 Å². The fourth-order valence-corrected chi connectivity index (χ4v) is 4.58. The number of aromatic nitrogens is 4. The maximum absolute atomic E-state index is 12.1. The van der Waals surface area contributed by atoms with E-state index in [1.54, 1.807) is 17.2 Å². The third-order valence-electron chi connectivity index (χ3n) is 6.28. The van der Waals surface area contributed by atoms with Crippen molar-refractivity contribution >= 4 is 40.1 Å². The van der Waals surface area contributed by atoms with E-state index in [0.717, 1.165) is 23.8 Å². The number of anilines is 1. The number of rotatable bonds is 4. The van der Waals surface area contributed by atoms with Crippen molar-refractivity contribution in [3.05, 3.63) is 58.4 Å². The Hall–Kier alpha value is -3.90. The topological polar surface area (TPSA) is 133 Å². The zero-order chi connectivity index (χ0) is 24.0. The number of hydrogen-bond acceptors (Lipinski definition) is 6. The van der Waals surface area contributed by atoms with E-state index in [4.69, 9.17) is 23.1 Å². The first-order valence-electron chi connectivity index (χ1n) is 10.9. The summed E-state index contributed by atoms with van der Waals surface area (Å²) in [6.45, 7) is 4.46. The van der Waals surface area contributed by atoms with Crippen molar-refractivity contribution in [2.75, 3.05) is 18.8 Å². The van der Waals surface area contributed by atoms with E-state index in [1.807, 2.05) is 6.07 Å². The van der Waals surface area contributed by atoms with Crippen LogP contribution in [-0.2, 0) is 4.79 Å². The number of carbonyl (C=O) groups excluding carboxylic acids is 2. The highest BCUT2D eigenvalue weighted by atomic mass is 35.5. The maximum atomic E-state index is 12.1. The van der Waals surface area contributed by atoms with Gasteiger partial charge in [0.1, 0.15) is 11.4 Å². The first-order valence-corrected chi connectivity index (χ1v) is 11.3. The van der Waals surface area contributed by atoms with Gasteiger partial charge in [0.05, 0.1) is 22.8 Å². The van der Waals surface area contributed by atoms with Crippen molar-refractivity contribution in [2.24, 2.45) is 5.73 Å². The lowest BCUT2D eigenvalue weighted by molar-refractivity contribution is -0.125. The summed E-state index contributed by atoms with van der Waals surface area (Å²) in [5.74, 6) is 5.62. The van der Waals surface area contributed by atoms with E-state index in [-0.39, 0.29) is 29.0 Å². The van der Waals surface area contributed by atoms with Gasteiger partial charge in [-0.05, 0) is 54.9 Å². The van der Waals surface area contributed by atoms with Crippen LogP contribution in [0.5, 0.6) is 0 Å². The number of primary amides is 1. The molecular formula is C24H22ClN7O2. The number of benzene rings is 1. The zero-order valence-electron chi connectivity index (χ0n) is 18.3. The third kappa shape index (κ3) is 3.86. The fraction of sp³-hybridized carbons (Fsp3) is 0.292. The van der Waals surface area contributed by atoms with Crippen molar-refractivity contribution in [3.63, 3.8) is 0 Å². The molecule has 1 saturated heterocycles. The molecule has 1 saturated carbocycles. The SMILES string of the molecule is C=CC(=O)N1CC[C@H](n2nc(C#Cc3cc4nncc(C5CC5)c4cc3Cl)c(C(N)=O)c2N)C1. The molecule has 2 amide bonds. The number of halogens is 1. The summed E-state index contributed by atoms with van der Waals surface area (Å²) in [5.41, 5.74) is 14.4. The molecule has 5 rings (SSSR count). The van der Waals surface area contributed by atoms with Crippen LogP contribution in [0.3, 0.4) is 0 Å². The van der Waals surface area contributed by atoms with E-state index < -0.39 is 5.91 Å². The van der Waals surface area contributed by atoms with Gasteiger partial charge in [-0.1, -0.05) is 24.1 Å². The standard InChI is InChI=1S/C24H22ClN7O2/c1-2-21(33)31-8-7-15(12-31)32-23(26)22(24(27)34)19(30-32)6-5-14-9-20-16(10-18(14)25)17(11-28-29-20)13-3-4-13/h2,9-11,13,15H,1,3-4,7-8,12,26H2,(H2,27,34)/t15-/m0/s1. The number of nitrogens with two attached hydrogens (primary N) is 2. The zero-order valence-corrected chi connectivity index (χ0v) is 19.0. The van der Waals surface area contributed by atoms with Gasteiger partial charge >= 0.3 is 0 Å². The average molecular weight is 476 g/mol. The molecule has 2 aliphatic rings. The molecule has 2 aromatic heterocycles. The first kappa shape index (κ1) is 21.9. The van der Waals surface area contributed by atoms with Crippen LogP contribution in [-0.4, -0.2) is 49.8 Å². The number of hydrogen-bond donors (Lipinski definition) is 2. The van der Waals surface area contributed by atoms with Crippen molar-refractivity contribution in [1.82, 2.24) is 24.9 Å². The molecule has 1 aliphatic heterocycles. The normalized spacial score (nSPS) is 17.4. The van der Waals surface area contributed by atoms with Crippen LogP contribution in [0.1, 0.15) is 58.4 Å². The average Bonchev–Trinajstić information content (AvgIpc) is 3.45. The molecule has 3 aromatic rings. The number of likely N-dealkylation sites (tertiary alicyclic amines) is 1. The number of amides is 2. The molecule has 1 aliphatic carbocycles. The minimum absolute atomic E-state index is 0.0497. The van der Waals surface area contributed by atoms with Gasteiger partial charge in [0.25, 0.3) is 5.91 Å². The van der Waals surface area contributed by atoms with Gasteiger partial charge in [0.2, 0.25) is 5.91 Å². The van der Waals surface area contributed by atoms with Crippen molar-refractivity contribution in [3.8, 4) is 11.8 Å². The molecule has 172 valence electrons. The second kappa shape index (κ2) is 8.47. The Bertz CT molecular complexity index is 1410. The number of carbonyl (C=O) groups is 2. The highest BCUT2D eigenvalue weighted by Crippen LogP contribution is 2.43. The van der Waals surface area contributed by atoms with Gasteiger partial charge in [-0.15, -0.1) is 0 Å². The summed E-state index contributed by atoms with van der Waals surface area (Å²) in [6, 6.07) is 3.44. The van der Waals surface area contributed by atoms with Crippen LogP contribution >= 0.6 is 11.6 Å². The van der Waals surface area contributed by atoms with Crippen LogP contribution < -0.4 is 11.5 Å². The first-order chi connectivity index (χ1) is 16.4. The second-order valence-electron chi connectivity index (χ2n) is 8.52. The fourth-order valence-electron chi connectivity index (χ4n) is 4.37. The summed E-state index contributed by atoms with van der Waals surface area (Å²) in [6.07, 6.45) is 5.98. The van der Waals surface area contributed by atoms with Gasteiger partial charge in [0.15, 0.2) is 5.69 Å². The molecule has 2 fully saturated rings. The minimum Gasteiger partial charge on any atom is -0.383 e. The predicted octanol–water partition coefficient (Wildman–Crippen LogP) is 2.40.